The van der Waals surface area contributed by atoms with Gasteiger partial charge in [0.2, 0.25) is 5.91 Å². The summed E-state index contributed by atoms with van der Waals surface area (Å²) in [5.74, 6) is -3.98. The number of carbonyl (C=O) groups excluding carboxylic acids is 1. The zero-order valence-corrected chi connectivity index (χ0v) is 15.3. The van der Waals surface area contributed by atoms with Crippen molar-refractivity contribution in [1.82, 2.24) is 14.9 Å². The number of amides is 1. The SMILES string of the molecule is CC(C)C(C(=O)NC(CCC(=O)O)C(=O)O)n1c(=O)[nH]c2ccccc2c1=O. The van der Waals surface area contributed by atoms with Gasteiger partial charge in [-0.3, -0.25) is 14.4 Å². The van der Waals surface area contributed by atoms with Gasteiger partial charge in [-0.05, 0) is 24.5 Å². The molecule has 0 radical (unpaired) electrons. The van der Waals surface area contributed by atoms with Crippen LogP contribution in [0.15, 0.2) is 33.9 Å². The minimum atomic E-state index is -1.46. The van der Waals surface area contributed by atoms with Gasteiger partial charge in [0.15, 0.2) is 0 Å². The summed E-state index contributed by atoms with van der Waals surface area (Å²) in [6.07, 6.45) is -0.787. The monoisotopic (exact) mass is 391 g/mol. The van der Waals surface area contributed by atoms with E-state index in [9.17, 15) is 29.1 Å². The van der Waals surface area contributed by atoms with E-state index in [4.69, 9.17) is 5.11 Å². The van der Waals surface area contributed by atoms with E-state index in [2.05, 4.69) is 10.3 Å². The van der Waals surface area contributed by atoms with Crippen molar-refractivity contribution in [2.75, 3.05) is 0 Å². The summed E-state index contributed by atoms with van der Waals surface area (Å²) in [5.41, 5.74) is -1.15. The Morgan fingerprint density at radius 1 is 1.14 bits per heavy atom. The van der Waals surface area contributed by atoms with Crippen molar-refractivity contribution < 1.29 is 24.6 Å². The number of aromatic amines is 1. The number of benzene rings is 1. The predicted octanol–water partition coefficient (Wildman–Crippen LogP) is 0.321. The van der Waals surface area contributed by atoms with Crippen LogP contribution in [0.4, 0.5) is 0 Å². The number of hydrogen-bond acceptors (Lipinski definition) is 5. The van der Waals surface area contributed by atoms with E-state index in [0.717, 1.165) is 4.57 Å². The van der Waals surface area contributed by atoms with Gasteiger partial charge in [0.25, 0.3) is 5.56 Å². The van der Waals surface area contributed by atoms with Crippen molar-refractivity contribution in [2.24, 2.45) is 5.92 Å². The Bertz CT molecular complexity index is 1020. The second kappa shape index (κ2) is 8.51. The highest BCUT2D eigenvalue weighted by atomic mass is 16.4. The van der Waals surface area contributed by atoms with Gasteiger partial charge in [0.1, 0.15) is 12.1 Å². The standard InChI is InChI=1S/C18H21N3O7/c1-9(2)14(15(24)19-12(17(26)27)7-8-13(22)23)21-16(25)10-5-3-4-6-11(10)20-18(21)28/h3-6,9,12,14H,7-8H2,1-2H3,(H,19,24)(H,20,28)(H,22,23)(H,26,27). The van der Waals surface area contributed by atoms with Crippen LogP contribution in [0.5, 0.6) is 0 Å². The third-order valence-corrected chi connectivity index (χ3v) is 4.28. The topological polar surface area (TPSA) is 159 Å². The zero-order chi connectivity index (χ0) is 21.0. The minimum absolute atomic E-state index is 0.209. The normalized spacial score (nSPS) is 13.2. The highest BCUT2D eigenvalue weighted by Gasteiger charge is 2.31. The molecule has 0 spiro atoms. The highest BCUT2D eigenvalue weighted by molar-refractivity contribution is 5.87. The van der Waals surface area contributed by atoms with Crippen molar-refractivity contribution in [3.8, 4) is 0 Å². The van der Waals surface area contributed by atoms with Crippen molar-refractivity contribution in [3.05, 3.63) is 45.1 Å². The molecule has 1 heterocycles. The van der Waals surface area contributed by atoms with Gasteiger partial charge in [-0.1, -0.05) is 26.0 Å². The van der Waals surface area contributed by atoms with Crippen LogP contribution in [0, 0.1) is 5.92 Å². The molecule has 0 fully saturated rings. The summed E-state index contributed by atoms with van der Waals surface area (Å²) in [4.78, 5) is 62.6. The molecule has 0 saturated heterocycles. The van der Waals surface area contributed by atoms with Crippen LogP contribution in [0.25, 0.3) is 10.9 Å². The Balaban J connectivity index is 2.45. The second-order valence-corrected chi connectivity index (χ2v) is 6.67. The fourth-order valence-corrected chi connectivity index (χ4v) is 2.93. The molecule has 1 aromatic carbocycles. The second-order valence-electron chi connectivity index (χ2n) is 6.67. The Morgan fingerprint density at radius 3 is 2.36 bits per heavy atom. The number of fused-ring (bicyclic) bond motifs is 1. The van der Waals surface area contributed by atoms with Crippen molar-refractivity contribution in [1.29, 1.82) is 0 Å². The molecule has 1 amide bonds. The first-order valence-corrected chi connectivity index (χ1v) is 8.62. The number of carboxylic acid groups (broad SMARTS) is 2. The number of carbonyl (C=O) groups is 3. The number of para-hydroxylation sites is 1. The Labute approximate surface area is 158 Å². The first kappa shape index (κ1) is 20.9. The van der Waals surface area contributed by atoms with E-state index in [0.29, 0.717) is 5.52 Å². The molecular formula is C18H21N3O7. The zero-order valence-electron chi connectivity index (χ0n) is 15.3. The molecule has 28 heavy (non-hydrogen) atoms. The third kappa shape index (κ3) is 4.45. The van der Waals surface area contributed by atoms with E-state index in [1.807, 2.05) is 0 Å². The molecule has 2 rings (SSSR count). The van der Waals surface area contributed by atoms with Crippen molar-refractivity contribution >= 4 is 28.7 Å². The van der Waals surface area contributed by atoms with E-state index < -0.39 is 53.5 Å². The van der Waals surface area contributed by atoms with Crippen molar-refractivity contribution in [3.63, 3.8) is 0 Å². The number of aliphatic carboxylic acids is 2. The first-order valence-electron chi connectivity index (χ1n) is 8.62. The Kier molecular flexibility index (Phi) is 6.34. The summed E-state index contributed by atoms with van der Waals surface area (Å²) in [6.45, 7) is 3.22. The Hall–Kier alpha value is -3.43. The maximum Gasteiger partial charge on any atom is 0.329 e. The van der Waals surface area contributed by atoms with Crippen LogP contribution in [0.1, 0.15) is 32.7 Å². The van der Waals surface area contributed by atoms with Gasteiger partial charge < -0.3 is 20.5 Å². The summed E-state index contributed by atoms with van der Waals surface area (Å²) >= 11 is 0. The maximum atomic E-state index is 12.8. The number of H-pyrrole nitrogens is 1. The van der Waals surface area contributed by atoms with Crippen molar-refractivity contribution in [2.45, 2.75) is 38.8 Å². The number of rotatable bonds is 8. The third-order valence-electron chi connectivity index (χ3n) is 4.28. The molecule has 150 valence electrons. The lowest BCUT2D eigenvalue weighted by Crippen LogP contribution is -2.50. The van der Waals surface area contributed by atoms with Gasteiger partial charge in [-0.2, -0.15) is 0 Å². The molecule has 2 unspecified atom stereocenters. The highest BCUT2D eigenvalue weighted by Crippen LogP contribution is 2.16. The fourth-order valence-electron chi connectivity index (χ4n) is 2.93. The molecular weight excluding hydrogens is 370 g/mol. The van der Waals surface area contributed by atoms with Crippen LogP contribution in [-0.2, 0) is 14.4 Å². The van der Waals surface area contributed by atoms with E-state index >= 15 is 0 Å². The van der Waals surface area contributed by atoms with Gasteiger partial charge in [-0.15, -0.1) is 0 Å². The number of nitrogens with one attached hydrogen (secondary N) is 2. The van der Waals surface area contributed by atoms with Gasteiger partial charge in [0, 0.05) is 6.42 Å². The summed E-state index contributed by atoms with van der Waals surface area (Å²) in [6, 6.07) is 3.59. The lowest BCUT2D eigenvalue weighted by Gasteiger charge is -2.24. The van der Waals surface area contributed by atoms with Gasteiger partial charge in [-0.25, -0.2) is 14.2 Å². The van der Waals surface area contributed by atoms with Crippen LogP contribution in [-0.4, -0.2) is 43.7 Å². The summed E-state index contributed by atoms with van der Waals surface area (Å²) < 4.78 is 0.762. The largest absolute Gasteiger partial charge is 0.481 e. The van der Waals surface area contributed by atoms with E-state index in [-0.39, 0.29) is 11.8 Å². The number of aromatic nitrogens is 2. The lowest BCUT2D eigenvalue weighted by molar-refractivity contribution is -0.143. The maximum absolute atomic E-state index is 12.8. The molecule has 0 bridgehead atoms. The molecule has 0 aliphatic heterocycles. The predicted molar refractivity (Wildman–Crippen MR) is 99.1 cm³/mol. The fraction of sp³-hybridized carbons (Fsp3) is 0.389. The smallest absolute Gasteiger partial charge is 0.329 e. The molecule has 0 saturated carbocycles. The van der Waals surface area contributed by atoms with E-state index in [1.54, 1.807) is 32.0 Å². The molecule has 2 atom stereocenters. The van der Waals surface area contributed by atoms with Gasteiger partial charge in [0.05, 0.1) is 10.9 Å². The first-order chi connectivity index (χ1) is 13.1. The Morgan fingerprint density at radius 2 is 1.79 bits per heavy atom. The summed E-state index contributed by atoms with van der Waals surface area (Å²) in [5, 5.41) is 20.4. The van der Waals surface area contributed by atoms with Crippen LogP contribution in [0.2, 0.25) is 0 Å². The van der Waals surface area contributed by atoms with Crippen LogP contribution in [0.3, 0.4) is 0 Å². The lowest BCUT2D eigenvalue weighted by atomic mass is 10.0. The number of carboxylic acids is 2. The summed E-state index contributed by atoms with van der Waals surface area (Å²) in [7, 11) is 0. The molecule has 10 nitrogen and oxygen atoms in total. The van der Waals surface area contributed by atoms with Crippen LogP contribution >= 0.6 is 0 Å². The molecule has 0 aliphatic carbocycles. The van der Waals surface area contributed by atoms with Gasteiger partial charge >= 0.3 is 17.6 Å². The number of hydrogen-bond donors (Lipinski definition) is 4. The molecule has 0 aliphatic rings. The molecule has 10 heteroatoms. The average Bonchev–Trinajstić information content (AvgIpc) is 2.61. The minimum Gasteiger partial charge on any atom is -0.481 e. The van der Waals surface area contributed by atoms with E-state index in [1.165, 1.54) is 6.07 Å². The molecule has 1 aromatic heterocycles. The number of nitrogens with zero attached hydrogens (tertiary/aromatic N) is 1. The van der Waals surface area contributed by atoms with Crippen LogP contribution < -0.4 is 16.6 Å². The molecule has 2 aromatic rings. The quantitative estimate of drug-likeness (QED) is 0.504. The molecule has 4 N–H and O–H groups in total. The average molecular weight is 391 g/mol.